The van der Waals surface area contributed by atoms with E-state index >= 15 is 0 Å². The van der Waals surface area contributed by atoms with Crippen molar-refractivity contribution in [1.82, 2.24) is 10.2 Å². The summed E-state index contributed by atoms with van der Waals surface area (Å²) < 4.78 is 0. The number of nitrogens with one attached hydrogen (secondary N) is 1. The van der Waals surface area contributed by atoms with Crippen LogP contribution in [-0.2, 0) is 6.42 Å². The molecule has 1 aliphatic heterocycles. The molecule has 28 heavy (non-hydrogen) atoms. The molecular weight excluding hydrogens is 364 g/mol. The summed E-state index contributed by atoms with van der Waals surface area (Å²) in [6.07, 6.45) is 3.15. The molecule has 1 fully saturated rings. The highest BCUT2D eigenvalue weighted by Crippen LogP contribution is 2.28. The molecule has 2 aromatic carbocycles. The zero-order valence-electron chi connectivity index (χ0n) is 16.0. The molecule has 4 rings (SSSR count). The van der Waals surface area contributed by atoms with E-state index in [0.717, 1.165) is 44.5 Å². The number of benzene rings is 2. The predicted molar refractivity (Wildman–Crippen MR) is 117 cm³/mol. The molecule has 0 saturated carbocycles. The molecule has 3 nitrogen and oxygen atoms in total. The third-order valence-corrected chi connectivity index (χ3v) is 6.55. The molecule has 1 aromatic heterocycles. The van der Waals surface area contributed by atoms with Crippen molar-refractivity contribution in [2.45, 2.75) is 25.3 Å². The van der Waals surface area contributed by atoms with Gasteiger partial charge in [0.05, 0.1) is 0 Å². The van der Waals surface area contributed by atoms with Crippen molar-refractivity contribution in [2.24, 2.45) is 0 Å². The number of piperidine rings is 1. The van der Waals surface area contributed by atoms with Crippen molar-refractivity contribution in [1.29, 1.82) is 0 Å². The van der Waals surface area contributed by atoms with Gasteiger partial charge in [-0.05, 0) is 49.1 Å². The number of carbonyl (C=O) groups is 1. The Labute approximate surface area is 171 Å². The Balaban J connectivity index is 1.22. The number of hydrogen-bond acceptors (Lipinski definition) is 3. The summed E-state index contributed by atoms with van der Waals surface area (Å²) in [6, 6.07) is 24.9. The fourth-order valence-electron chi connectivity index (χ4n) is 3.70. The molecule has 1 aliphatic rings. The molecule has 4 heteroatoms. The second-order valence-electron chi connectivity index (χ2n) is 7.34. The summed E-state index contributed by atoms with van der Waals surface area (Å²) in [7, 11) is 0. The van der Waals surface area contributed by atoms with Crippen molar-refractivity contribution < 1.29 is 4.79 Å². The minimum atomic E-state index is 0.0473. The summed E-state index contributed by atoms with van der Waals surface area (Å²) in [5.41, 5.74) is 2.05. The van der Waals surface area contributed by atoms with Gasteiger partial charge in [-0.2, -0.15) is 0 Å². The van der Waals surface area contributed by atoms with Gasteiger partial charge in [-0.15, -0.1) is 11.3 Å². The van der Waals surface area contributed by atoms with Gasteiger partial charge in [-0.1, -0.05) is 48.5 Å². The molecule has 144 valence electrons. The van der Waals surface area contributed by atoms with E-state index in [9.17, 15) is 4.79 Å². The van der Waals surface area contributed by atoms with Crippen LogP contribution in [-0.4, -0.2) is 36.5 Å². The lowest BCUT2D eigenvalue weighted by Gasteiger charge is -2.32. The fraction of sp³-hybridized carbons (Fsp3) is 0.292. The van der Waals surface area contributed by atoms with E-state index in [1.54, 1.807) is 0 Å². The van der Waals surface area contributed by atoms with Crippen LogP contribution in [0.5, 0.6) is 0 Å². The van der Waals surface area contributed by atoms with Crippen molar-refractivity contribution >= 4 is 17.2 Å². The SMILES string of the molecule is O=C(NC1CCN(CCc2ccc(-c3ccccc3)s2)CC1)c1ccccc1. The van der Waals surface area contributed by atoms with Gasteiger partial charge in [0, 0.05) is 41.0 Å². The molecule has 0 unspecified atom stereocenters. The number of hydrogen-bond donors (Lipinski definition) is 1. The zero-order chi connectivity index (χ0) is 19.2. The minimum Gasteiger partial charge on any atom is -0.349 e. The molecule has 0 radical (unpaired) electrons. The Morgan fingerprint density at radius 2 is 1.61 bits per heavy atom. The first-order valence-electron chi connectivity index (χ1n) is 10.0. The van der Waals surface area contributed by atoms with E-state index in [2.05, 4.69) is 52.7 Å². The molecule has 1 saturated heterocycles. The quantitative estimate of drug-likeness (QED) is 0.652. The highest BCUT2D eigenvalue weighted by Gasteiger charge is 2.21. The second-order valence-corrected chi connectivity index (χ2v) is 8.51. The lowest BCUT2D eigenvalue weighted by atomic mass is 10.0. The predicted octanol–water partition coefficient (Wildman–Crippen LogP) is 4.85. The van der Waals surface area contributed by atoms with E-state index in [-0.39, 0.29) is 11.9 Å². The van der Waals surface area contributed by atoms with Crippen LogP contribution < -0.4 is 5.32 Å². The molecular formula is C24H26N2OS. The van der Waals surface area contributed by atoms with Crippen molar-refractivity contribution in [2.75, 3.05) is 19.6 Å². The van der Waals surface area contributed by atoms with Crippen molar-refractivity contribution in [3.63, 3.8) is 0 Å². The maximum absolute atomic E-state index is 12.3. The van der Waals surface area contributed by atoms with Crippen LogP contribution in [0.4, 0.5) is 0 Å². The molecule has 0 aliphatic carbocycles. The van der Waals surface area contributed by atoms with Crippen molar-refractivity contribution in [3.8, 4) is 10.4 Å². The number of likely N-dealkylation sites (tertiary alicyclic amines) is 1. The Morgan fingerprint density at radius 3 is 2.32 bits per heavy atom. The van der Waals surface area contributed by atoms with Crippen LogP contribution in [0.1, 0.15) is 28.1 Å². The van der Waals surface area contributed by atoms with Crippen LogP contribution in [0.2, 0.25) is 0 Å². The van der Waals surface area contributed by atoms with E-state index in [1.165, 1.54) is 15.3 Å². The average molecular weight is 391 g/mol. The number of amides is 1. The highest BCUT2D eigenvalue weighted by atomic mass is 32.1. The van der Waals surface area contributed by atoms with Gasteiger partial charge < -0.3 is 10.2 Å². The van der Waals surface area contributed by atoms with Gasteiger partial charge in [0.25, 0.3) is 5.91 Å². The first kappa shape index (κ1) is 18.9. The van der Waals surface area contributed by atoms with Crippen LogP contribution >= 0.6 is 11.3 Å². The van der Waals surface area contributed by atoms with Crippen LogP contribution in [0, 0.1) is 0 Å². The largest absolute Gasteiger partial charge is 0.349 e. The minimum absolute atomic E-state index is 0.0473. The first-order valence-corrected chi connectivity index (χ1v) is 10.8. The Morgan fingerprint density at radius 1 is 0.929 bits per heavy atom. The number of nitrogens with zero attached hydrogens (tertiary/aromatic N) is 1. The normalized spacial score (nSPS) is 15.4. The average Bonchev–Trinajstić information content (AvgIpc) is 3.24. The molecule has 0 spiro atoms. The van der Waals surface area contributed by atoms with Crippen LogP contribution in [0.25, 0.3) is 10.4 Å². The topological polar surface area (TPSA) is 32.3 Å². The maximum atomic E-state index is 12.3. The molecule has 0 bridgehead atoms. The summed E-state index contributed by atoms with van der Waals surface area (Å²) in [4.78, 5) is 17.6. The fourth-order valence-corrected chi connectivity index (χ4v) is 4.70. The van der Waals surface area contributed by atoms with Crippen LogP contribution in [0.15, 0.2) is 72.8 Å². The van der Waals surface area contributed by atoms with Gasteiger partial charge in [-0.25, -0.2) is 0 Å². The molecule has 1 N–H and O–H groups in total. The first-order chi connectivity index (χ1) is 13.8. The molecule has 3 aromatic rings. The lowest BCUT2D eigenvalue weighted by molar-refractivity contribution is 0.0911. The van der Waals surface area contributed by atoms with E-state index < -0.39 is 0 Å². The highest BCUT2D eigenvalue weighted by molar-refractivity contribution is 7.15. The molecule has 2 heterocycles. The monoisotopic (exact) mass is 390 g/mol. The molecule has 0 atom stereocenters. The maximum Gasteiger partial charge on any atom is 0.251 e. The van der Waals surface area contributed by atoms with Gasteiger partial charge >= 0.3 is 0 Å². The number of carbonyl (C=O) groups excluding carboxylic acids is 1. The Kier molecular flexibility index (Phi) is 6.20. The van der Waals surface area contributed by atoms with E-state index in [4.69, 9.17) is 0 Å². The van der Waals surface area contributed by atoms with Gasteiger partial charge in [0.15, 0.2) is 0 Å². The number of thiophene rings is 1. The van der Waals surface area contributed by atoms with Gasteiger partial charge in [0.1, 0.15) is 0 Å². The summed E-state index contributed by atoms with van der Waals surface area (Å²) in [5.74, 6) is 0.0473. The zero-order valence-corrected chi connectivity index (χ0v) is 16.8. The summed E-state index contributed by atoms with van der Waals surface area (Å²) in [5, 5.41) is 3.19. The Hall–Kier alpha value is -2.43. The van der Waals surface area contributed by atoms with Gasteiger partial charge in [0.2, 0.25) is 0 Å². The third kappa shape index (κ3) is 4.89. The summed E-state index contributed by atoms with van der Waals surface area (Å²) >= 11 is 1.90. The van der Waals surface area contributed by atoms with Crippen LogP contribution in [0.3, 0.4) is 0 Å². The van der Waals surface area contributed by atoms with E-state index in [1.807, 2.05) is 41.7 Å². The number of rotatable bonds is 6. The smallest absolute Gasteiger partial charge is 0.251 e. The summed E-state index contributed by atoms with van der Waals surface area (Å²) in [6.45, 7) is 3.20. The molecule has 1 amide bonds. The standard InChI is InChI=1S/C24H26N2OS/c27-24(20-9-5-2-6-10-20)25-21-13-16-26(17-14-21)18-15-22-11-12-23(28-22)19-7-3-1-4-8-19/h1-12,21H,13-18H2,(H,25,27). The van der Waals surface area contributed by atoms with E-state index in [0.29, 0.717) is 0 Å². The lowest BCUT2D eigenvalue weighted by Crippen LogP contribution is -2.45. The van der Waals surface area contributed by atoms with Gasteiger partial charge in [-0.3, -0.25) is 4.79 Å². The Bertz CT molecular complexity index is 883. The third-order valence-electron chi connectivity index (χ3n) is 5.35. The second kappa shape index (κ2) is 9.18. The van der Waals surface area contributed by atoms with Crippen molar-refractivity contribution in [3.05, 3.63) is 83.2 Å².